The number of alkyl halides is 6. The Morgan fingerprint density at radius 2 is 0.739 bits per heavy atom. The lowest BCUT2D eigenvalue weighted by molar-refractivity contribution is -0.138. The molecule has 3 nitrogen and oxygen atoms in total. The van der Waals surface area contributed by atoms with Crippen molar-refractivity contribution in [1.82, 2.24) is 9.13 Å². The maximum absolute atomic E-state index is 14.6. The molecule has 0 bridgehead atoms. The minimum Gasteiger partial charge on any atom is -0.308 e. The summed E-state index contributed by atoms with van der Waals surface area (Å²) in [5.41, 5.74) is 5.84. The molecule has 0 aliphatic carbocycles. The van der Waals surface area contributed by atoms with E-state index < -0.39 is 23.5 Å². The molecule has 0 aliphatic rings. The Bertz CT molecular complexity index is 4090. The average Bonchev–Trinajstić information content (AvgIpc) is 3.88. The number of rotatable bonds is 5. The largest absolute Gasteiger partial charge is 0.416 e. The van der Waals surface area contributed by atoms with Gasteiger partial charge in [0.05, 0.1) is 50.1 Å². The van der Waals surface area contributed by atoms with Gasteiger partial charge in [0.15, 0.2) is 0 Å². The minimum atomic E-state index is -4.66. The molecule has 2 aromatic heterocycles. The summed E-state index contributed by atoms with van der Waals surface area (Å²) < 4.78 is 91.1. The van der Waals surface area contributed by atoms with E-state index in [1.165, 1.54) is 24.3 Å². The van der Waals surface area contributed by atoms with Crippen LogP contribution in [-0.4, -0.2) is 9.13 Å². The molecule has 0 fully saturated rings. The van der Waals surface area contributed by atoms with E-state index in [0.29, 0.717) is 44.8 Å². The fourth-order valence-corrected chi connectivity index (χ4v) is 10.5. The monoisotopic (exact) mass is 911 g/mol. The molecule has 0 radical (unpaired) electrons. The van der Waals surface area contributed by atoms with Crippen LogP contribution in [-0.2, 0) is 12.4 Å². The van der Waals surface area contributed by atoms with Gasteiger partial charge in [-0.2, -0.15) is 31.6 Å². The van der Waals surface area contributed by atoms with E-state index >= 15 is 0 Å². The first kappa shape index (κ1) is 41.8. The zero-order valence-corrected chi connectivity index (χ0v) is 36.6. The van der Waals surface area contributed by atoms with Crippen LogP contribution in [0.25, 0.3) is 110 Å². The van der Waals surface area contributed by atoms with Gasteiger partial charge in [-0.3, -0.25) is 0 Å². The van der Waals surface area contributed by atoms with Crippen LogP contribution < -0.4 is 0 Å². The second-order valence-corrected chi connectivity index (χ2v) is 17.4. The molecule has 0 saturated carbocycles. The number of halogens is 6. The highest BCUT2D eigenvalue weighted by molar-refractivity contribution is 6.24. The Balaban J connectivity index is 1.40. The van der Waals surface area contributed by atoms with Crippen LogP contribution in [0.15, 0.2) is 194 Å². The van der Waals surface area contributed by atoms with Gasteiger partial charge in [-0.05, 0) is 93.7 Å². The number of nitriles is 1. The Kier molecular flexibility index (Phi) is 9.37. The van der Waals surface area contributed by atoms with Crippen molar-refractivity contribution in [3.63, 3.8) is 0 Å². The van der Waals surface area contributed by atoms with Crippen LogP contribution in [0.4, 0.5) is 26.3 Å². The summed E-state index contributed by atoms with van der Waals surface area (Å²) in [6.07, 6.45) is -9.31. The number of fused-ring (bicyclic) bond motifs is 10. The lowest BCUT2D eigenvalue weighted by Crippen LogP contribution is -2.11. The Morgan fingerprint density at radius 1 is 0.377 bits per heavy atom. The number of nitrogens with zero attached hydrogens (tertiary/aromatic N) is 3. The molecular formula is C60H35F6N3. The number of aromatic nitrogens is 2. The van der Waals surface area contributed by atoms with Gasteiger partial charge in [0.2, 0.25) is 0 Å². The lowest BCUT2D eigenvalue weighted by Gasteiger charge is -2.28. The molecule has 0 unspecified atom stereocenters. The van der Waals surface area contributed by atoms with E-state index in [2.05, 4.69) is 16.7 Å². The second-order valence-electron chi connectivity index (χ2n) is 17.4. The highest BCUT2D eigenvalue weighted by Gasteiger charge is 2.35. The third-order valence-corrected chi connectivity index (χ3v) is 13.5. The molecule has 0 spiro atoms. The molecule has 0 atom stereocenters. The number of para-hydroxylation sites is 2. The number of hydrogen-bond donors (Lipinski definition) is 0. The molecule has 12 rings (SSSR count). The van der Waals surface area contributed by atoms with Gasteiger partial charge < -0.3 is 9.13 Å². The van der Waals surface area contributed by atoms with Crippen molar-refractivity contribution in [3.05, 3.63) is 216 Å². The van der Waals surface area contributed by atoms with Crippen molar-refractivity contribution in [2.24, 2.45) is 0 Å². The van der Waals surface area contributed by atoms with Gasteiger partial charge in [0.25, 0.3) is 0 Å². The van der Waals surface area contributed by atoms with Crippen LogP contribution in [0.1, 0.15) is 22.3 Å². The predicted molar refractivity (Wildman–Crippen MR) is 266 cm³/mol. The van der Waals surface area contributed by atoms with Crippen molar-refractivity contribution >= 4 is 65.2 Å². The van der Waals surface area contributed by atoms with Crippen LogP contribution in [0.3, 0.4) is 0 Å². The van der Waals surface area contributed by atoms with Gasteiger partial charge in [-0.15, -0.1) is 0 Å². The molecular weight excluding hydrogens is 877 g/mol. The molecule has 10 aromatic carbocycles. The SMILES string of the molecule is Cc1ccc(-c2c(C#N)c(-c3ccc(C(F)(F)F)cc3)c(-n3c4ccccc4c4c5ccccc5ccc43)c(-c3ccc(C(F)(F)F)cc3)c2-n2c3ccccc3c3c4ccccc4ccc32)cc1. The summed E-state index contributed by atoms with van der Waals surface area (Å²) in [5, 5.41) is 19.5. The number of aryl methyl sites for hydroxylation is 1. The highest BCUT2D eigenvalue weighted by Crippen LogP contribution is 2.53. The molecule has 12 aromatic rings. The first-order valence-corrected chi connectivity index (χ1v) is 22.3. The molecule has 0 N–H and O–H groups in total. The van der Waals surface area contributed by atoms with Crippen molar-refractivity contribution in [2.75, 3.05) is 0 Å². The fourth-order valence-electron chi connectivity index (χ4n) is 10.5. The van der Waals surface area contributed by atoms with E-state index in [1.54, 1.807) is 0 Å². The van der Waals surface area contributed by atoms with E-state index in [4.69, 9.17) is 0 Å². The minimum absolute atomic E-state index is 0.165. The maximum Gasteiger partial charge on any atom is 0.416 e. The zero-order valence-electron chi connectivity index (χ0n) is 36.6. The standard InChI is InChI=1S/C60H35F6N3/c1-35-18-20-38(21-19-35)52-47(34-67)53(39-22-28-41(29-23-39)59(61,62)63)58(69-49-17-9-7-15-46(49)56-44-13-5-3-11-37(44)27-33-51(56)69)54(40-24-30-42(31-25-40)60(64,65)66)57(52)68-48-16-8-6-14-45(48)55-43-12-4-2-10-36(43)26-32-50(55)68/h2-33H,1H3. The summed E-state index contributed by atoms with van der Waals surface area (Å²) >= 11 is 0. The maximum atomic E-state index is 14.6. The van der Waals surface area contributed by atoms with Crippen LogP contribution in [0, 0.1) is 18.3 Å². The molecule has 332 valence electrons. The van der Waals surface area contributed by atoms with Crippen LogP contribution in [0.5, 0.6) is 0 Å². The molecule has 9 heteroatoms. The zero-order chi connectivity index (χ0) is 47.3. The molecule has 69 heavy (non-hydrogen) atoms. The Morgan fingerprint density at radius 3 is 1.14 bits per heavy atom. The van der Waals surface area contributed by atoms with Crippen molar-refractivity contribution < 1.29 is 26.3 Å². The molecule has 2 heterocycles. The smallest absolute Gasteiger partial charge is 0.308 e. The molecule has 0 aliphatic heterocycles. The van der Waals surface area contributed by atoms with E-state index in [0.717, 1.165) is 95.0 Å². The van der Waals surface area contributed by atoms with Gasteiger partial charge in [0, 0.05) is 38.2 Å². The number of hydrogen-bond acceptors (Lipinski definition) is 1. The Hall–Kier alpha value is -8.61. The first-order valence-electron chi connectivity index (χ1n) is 22.3. The van der Waals surface area contributed by atoms with Crippen LogP contribution >= 0.6 is 0 Å². The normalized spacial score (nSPS) is 12.3. The summed E-state index contributed by atoms with van der Waals surface area (Å²) in [5.74, 6) is 0. The summed E-state index contributed by atoms with van der Waals surface area (Å²) in [7, 11) is 0. The topological polar surface area (TPSA) is 33.6 Å². The predicted octanol–water partition coefficient (Wildman–Crippen LogP) is 17.4. The van der Waals surface area contributed by atoms with Gasteiger partial charge in [-0.1, -0.05) is 151 Å². The first-order chi connectivity index (χ1) is 33.4. The average molecular weight is 912 g/mol. The van der Waals surface area contributed by atoms with Gasteiger partial charge >= 0.3 is 12.4 Å². The lowest BCUT2D eigenvalue weighted by atomic mass is 9.83. The van der Waals surface area contributed by atoms with Gasteiger partial charge in [-0.25, -0.2) is 0 Å². The quantitative estimate of drug-likeness (QED) is 0.158. The third kappa shape index (κ3) is 6.51. The highest BCUT2D eigenvalue weighted by atomic mass is 19.4. The third-order valence-electron chi connectivity index (χ3n) is 13.5. The Labute approximate surface area is 390 Å². The summed E-state index contributed by atoms with van der Waals surface area (Å²) in [4.78, 5) is 0. The van der Waals surface area contributed by atoms with Crippen molar-refractivity contribution in [2.45, 2.75) is 19.3 Å². The summed E-state index contributed by atoms with van der Waals surface area (Å²) in [6.45, 7) is 1.95. The van der Waals surface area contributed by atoms with Crippen molar-refractivity contribution in [3.8, 4) is 50.8 Å². The molecule has 0 amide bonds. The number of benzene rings is 10. The van der Waals surface area contributed by atoms with Gasteiger partial charge in [0.1, 0.15) is 6.07 Å². The second kappa shape index (κ2) is 15.5. The summed E-state index contributed by atoms with van der Waals surface area (Å²) in [6, 6.07) is 60.0. The van der Waals surface area contributed by atoms with E-state index in [1.807, 2.05) is 151 Å². The fraction of sp³-hybridized carbons (Fsp3) is 0.0500. The van der Waals surface area contributed by atoms with Crippen LogP contribution in [0.2, 0.25) is 0 Å². The molecule has 0 saturated heterocycles. The van der Waals surface area contributed by atoms with E-state index in [-0.39, 0.29) is 5.56 Å². The van der Waals surface area contributed by atoms with E-state index in [9.17, 15) is 31.6 Å². The van der Waals surface area contributed by atoms with Crippen molar-refractivity contribution in [1.29, 1.82) is 5.26 Å².